The molecule has 1 saturated carbocycles. The van der Waals surface area contributed by atoms with Gasteiger partial charge in [0.15, 0.2) is 13.6 Å². The van der Waals surface area contributed by atoms with Gasteiger partial charge in [-0.05, 0) is 43.2 Å². The molecule has 0 aromatic heterocycles. The minimum atomic E-state index is 0.175. The maximum Gasteiger partial charge on any atom is 0.188 e. The summed E-state index contributed by atoms with van der Waals surface area (Å²) >= 11 is 0. The molecule has 22 heavy (non-hydrogen) atoms. The van der Waals surface area contributed by atoms with Crippen LogP contribution in [0.3, 0.4) is 0 Å². The predicted octanol–water partition coefficient (Wildman–Crippen LogP) is 3.14. The zero-order valence-electron chi connectivity index (χ0n) is 13.1. The highest BCUT2D eigenvalue weighted by Gasteiger charge is 2.23. The third-order valence-electron chi connectivity index (χ3n) is 3.74. The van der Waals surface area contributed by atoms with Crippen molar-refractivity contribution >= 4 is 5.71 Å². The molecule has 6 nitrogen and oxygen atoms in total. The van der Waals surface area contributed by atoms with Crippen molar-refractivity contribution in [3.8, 4) is 11.5 Å². The van der Waals surface area contributed by atoms with E-state index in [1.807, 2.05) is 18.2 Å². The standard InChI is InChI=1S/C16H23NO5/c1-19-10-21-14-6-7-15(16(9-14)22-11-20-2)12-4-3-5-13(8-12)17-18/h6-7,9,12,18H,3-5,8,10-11H2,1-2H3. The van der Waals surface area contributed by atoms with Crippen LogP contribution in [0.2, 0.25) is 0 Å². The number of methoxy groups -OCH3 is 2. The van der Waals surface area contributed by atoms with Gasteiger partial charge in [0, 0.05) is 20.3 Å². The number of hydrogen-bond donors (Lipinski definition) is 1. The van der Waals surface area contributed by atoms with Crippen molar-refractivity contribution in [3.05, 3.63) is 23.8 Å². The van der Waals surface area contributed by atoms with Crippen LogP contribution in [0.15, 0.2) is 23.4 Å². The first-order chi connectivity index (χ1) is 10.8. The van der Waals surface area contributed by atoms with Crippen LogP contribution in [0.5, 0.6) is 11.5 Å². The number of oxime groups is 1. The molecule has 1 aromatic carbocycles. The van der Waals surface area contributed by atoms with Gasteiger partial charge < -0.3 is 24.2 Å². The molecule has 0 spiro atoms. The van der Waals surface area contributed by atoms with E-state index >= 15 is 0 Å². The summed E-state index contributed by atoms with van der Waals surface area (Å²) in [5, 5.41) is 12.4. The lowest BCUT2D eigenvalue weighted by atomic mass is 9.82. The summed E-state index contributed by atoms with van der Waals surface area (Å²) in [5.41, 5.74) is 1.93. The third kappa shape index (κ3) is 4.35. The van der Waals surface area contributed by atoms with Crippen LogP contribution in [0.25, 0.3) is 0 Å². The SMILES string of the molecule is COCOc1ccc(C2CCCC(=NO)C2)c(OCOC)c1. The van der Waals surface area contributed by atoms with Crippen LogP contribution in [0.4, 0.5) is 0 Å². The predicted molar refractivity (Wildman–Crippen MR) is 81.9 cm³/mol. The lowest BCUT2D eigenvalue weighted by Crippen LogP contribution is -2.15. The van der Waals surface area contributed by atoms with Crippen LogP contribution >= 0.6 is 0 Å². The molecule has 1 N–H and O–H groups in total. The molecule has 1 atom stereocenters. The Morgan fingerprint density at radius 1 is 1.18 bits per heavy atom. The Labute approximate surface area is 130 Å². The van der Waals surface area contributed by atoms with E-state index in [1.165, 1.54) is 0 Å². The maximum absolute atomic E-state index is 9.01. The van der Waals surface area contributed by atoms with Crippen LogP contribution < -0.4 is 9.47 Å². The largest absolute Gasteiger partial charge is 0.467 e. The van der Waals surface area contributed by atoms with Gasteiger partial charge in [-0.2, -0.15) is 0 Å². The first-order valence-corrected chi connectivity index (χ1v) is 7.35. The summed E-state index contributed by atoms with van der Waals surface area (Å²) in [5.74, 6) is 1.70. The van der Waals surface area contributed by atoms with Gasteiger partial charge in [0.05, 0.1) is 5.71 Å². The van der Waals surface area contributed by atoms with Crippen molar-refractivity contribution in [2.45, 2.75) is 31.6 Å². The van der Waals surface area contributed by atoms with Crippen LogP contribution in [-0.4, -0.2) is 38.7 Å². The number of nitrogens with zero attached hydrogens (tertiary/aromatic N) is 1. The second-order valence-corrected chi connectivity index (χ2v) is 5.26. The highest BCUT2D eigenvalue weighted by molar-refractivity contribution is 5.85. The van der Waals surface area contributed by atoms with Gasteiger partial charge in [-0.1, -0.05) is 11.2 Å². The Hall–Kier alpha value is -1.79. The highest BCUT2D eigenvalue weighted by Crippen LogP contribution is 2.38. The first kappa shape index (κ1) is 16.6. The molecule has 0 aliphatic heterocycles. The number of ether oxygens (including phenoxy) is 4. The summed E-state index contributed by atoms with van der Waals surface area (Å²) in [6, 6.07) is 5.75. The van der Waals surface area contributed by atoms with Crippen molar-refractivity contribution in [2.75, 3.05) is 27.8 Å². The fraction of sp³-hybridized carbons (Fsp3) is 0.562. The van der Waals surface area contributed by atoms with E-state index in [-0.39, 0.29) is 19.5 Å². The molecule has 0 saturated heterocycles. The number of benzene rings is 1. The molecule has 1 aliphatic carbocycles. The highest BCUT2D eigenvalue weighted by atomic mass is 16.7. The Morgan fingerprint density at radius 3 is 2.68 bits per heavy atom. The molecule has 1 aliphatic rings. The Kier molecular flexibility index (Phi) is 6.48. The Bertz CT molecular complexity index is 503. The molecule has 2 rings (SSSR count). The fourth-order valence-corrected chi connectivity index (χ4v) is 2.71. The Balaban J connectivity index is 2.20. The molecule has 122 valence electrons. The third-order valence-corrected chi connectivity index (χ3v) is 3.74. The van der Waals surface area contributed by atoms with Crippen molar-refractivity contribution in [1.82, 2.24) is 0 Å². The first-order valence-electron chi connectivity index (χ1n) is 7.35. The van der Waals surface area contributed by atoms with E-state index in [4.69, 9.17) is 24.2 Å². The normalized spacial score (nSPS) is 20.1. The average molecular weight is 309 g/mol. The zero-order chi connectivity index (χ0) is 15.8. The smallest absolute Gasteiger partial charge is 0.188 e. The van der Waals surface area contributed by atoms with E-state index in [9.17, 15) is 0 Å². The summed E-state index contributed by atoms with van der Waals surface area (Å²) in [7, 11) is 3.16. The summed E-state index contributed by atoms with van der Waals surface area (Å²) in [6.45, 7) is 0.363. The van der Waals surface area contributed by atoms with E-state index in [1.54, 1.807) is 14.2 Å². The van der Waals surface area contributed by atoms with E-state index in [2.05, 4.69) is 5.16 Å². The minimum Gasteiger partial charge on any atom is -0.467 e. The topological polar surface area (TPSA) is 69.5 Å². The quantitative estimate of drug-likeness (QED) is 0.476. The number of rotatable bonds is 7. The van der Waals surface area contributed by atoms with Crippen molar-refractivity contribution in [2.24, 2.45) is 5.16 Å². The van der Waals surface area contributed by atoms with E-state index < -0.39 is 0 Å². The van der Waals surface area contributed by atoms with Gasteiger partial charge in [0.1, 0.15) is 11.5 Å². The van der Waals surface area contributed by atoms with Gasteiger partial charge in [-0.25, -0.2) is 0 Å². The summed E-state index contributed by atoms with van der Waals surface area (Å²) < 4.78 is 21.0. The monoisotopic (exact) mass is 309 g/mol. The molecule has 0 heterocycles. The molecule has 1 unspecified atom stereocenters. The lowest BCUT2D eigenvalue weighted by Gasteiger charge is -2.25. The van der Waals surface area contributed by atoms with Crippen LogP contribution in [-0.2, 0) is 9.47 Å². The van der Waals surface area contributed by atoms with Gasteiger partial charge >= 0.3 is 0 Å². The second-order valence-electron chi connectivity index (χ2n) is 5.26. The molecule has 6 heteroatoms. The van der Waals surface area contributed by atoms with Crippen molar-refractivity contribution in [3.63, 3.8) is 0 Å². The average Bonchev–Trinajstić information content (AvgIpc) is 2.58. The molecule has 1 fully saturated rings. The number of hydrogen-bond acceptors (Lipinski definition) is 6. The van der Waals surface area contributed by atoms with Gasteiger partial charge in [-0.15, -0.1) is 0 Å². The summed E-state index contributed by atoms with van der Waals surface area (Å²) in [6.07, 6.45) is 3.66. The van der Waals surface area contributed by atoms with Crippen molar-refractivity contribution in [1.29, 1.82) is 0 Å². The summed E-state index contributed by atoms with van der Waals surface area (Å²) in [4.78, 5) is 0. The second kappa shape index (κ2) is 8.60. The van der Waals surface area contributed by atoms with Gasteiger partial charge in [0.2, 0.25) is 0 Å². The van der Waals surface area contributed by atoms with E-state index in [0.717, 1.165) is 42.7 Å². The van der Waals surface area contributed by atoms with Crippen LogP contribution in [0, 0.1) is 0 Å². The molecular formula is C16H23NO5. The molecule has 0 radical (unpaired) electrons. The maximum atomic E-state index is 9.01. The fourth-order valence-electron chi connectivity index (χ4n) is 2.71. The molecule has 0 amide bonds. The van der Waals surface area contributed by atoms with Gasteiger partial charge in [-0.3, -0.25) is 0 Å². The van der Waals surface area contributed by atoms with Crippen molar-refractivity contribution < 1.29 is 24.2 Å². The van der Waals surface area contributed by atoms with Crippen LogP contribution in [0.1, 0.15) is 37.2 Å². The molecule has 0 bridgehead atoms. The van der Waals surface area contributed by atoms with E-state index in [0.29, 0.717) is 5.75 Å². The molecule has 1 aromatic rings. The molecular weight excluding hydrogens is 286 g/mol. The lowest BCUT2D eigenvalue weighted by molar-refractivity contribution is 0.0454. The minimum absolute atomic E-state index is 0.175. The Morgan fingerprint density at radius 2 is 1.95 bits per heavy atom. The zero-order valence-corrected chi connectivity index (χ0v) is 13.1. The van der Waals surface area contributed by atoms with Gasteiger partial charge in [0.25, 0.3) is 0 Å².